The van der Waals surface area contributed by atoms with Crippen LogP contribution in [0, 0.1) is 11.3 Å². The van der Waals surface area contributed by atoms with E-state index < -0.39 is 11.7 Å². The van der Waals surface area contributed by atoms with Crippen molar-refractivity contribution in [2.24, 2.45) is 11.3 Å². The number of aromatic nitrogens is 1. The van der Waals surface area contributed by atoms with E-state index in [4.69, 9.17) is 0 Å². The lowest BCUT2D eigenvalue weighted by atomic mass is 9.78. The van der Waals surface area contributed by atoms with Gasteiger partial charge in [0.05, 0.1) is 11.0 Å². The Morgan fingerprint density at radius 1 is 0.975 bits per heavy atom. The second-order valence-electron chi connectivity index (χ2n) is 12.6. The van der Waals surface area contributed by atoms with E-state index in [-0.39, 0.29) is 17.9 Å². The predicted octanol–water partition coefficient (Wildman–Crippen LogP) is 6.97. The Hall–Kier alpha value is -2.93. The summed E-state index contributed by atoms with van der Waals surface area (Å²) in [7, 11) is 0. The van der Waals surface area contributed by atoms with Crippen molar-refractivity contribution in [3.8, 4) is 0 Å². The van der Waals surface area contributed by atoms with Crippen LogP contribution in [0.25, 0.3) is 10.8 Å². The van der Waals surface area contributed by atoms with Crippen LogP contribution in [-0.4, -0.2) is 46.4 Å². The lowest BCUT2D eigenvalue weighted by Gasteiger charge is -2.39. The number of amides is 1. The van der Waals surface area contributed by atoms with Gasteiger partial charge in [-0.25, -0.2) is 0 Å². The molecule has 1 saturated heterocycles. The molecule has 3 heterocycles. The highest BCUT2D eigenvalue weighted by molar-refractivity contribution is 5.84. The Labute approximate surface area is 233 Å². The van der Waals surface area contributed by atoms with E-state index >= 15 is 0 Å². The van der Waals surface area contributed by atoms with Crippen molar-refractivity contribution in [3.05, 3.63) is 77.1 Å². The van der Waals surface area contributed by atoms with E-state index in [0.717, 1.165) is 64.2 Å². The average molecular weight is 548 g/mol. The molecule has 4 aliphatic rings. The summed E-state index contributed by atoms with van der Waals surface area (Å²) in [4.78, 5) is 22.7. The van der Waals surface area contributed by atoms with Crippen molar-refractivity contribution in [1.29, 1.82) is 0 Å². The summed E-state index contributed by atoms with van der Waals surface area (Å²) >= 11 is 0. The highest BCUT2D eigenvalue weighted by Gasteiger charge is 2.57. The Balaban J connectivity index is 1.03. The molecule has 2 aliphatic carbocycles. The molecule has 2 saturated carbocycles. The van der Waals surface area contributed by atoms with E-state index in [1.54, 1.807) is 0 Å². The lowest BCUT2D eigenvalue weighted by molar-refractivity contribution is -0.144. The van der Waals surface area contributed by atoms with Gasteiger partial charge >= 0.3 is 6.18 Å². The van der Waals surface area contributed by atoms with Crippen LogP contribution in [0.4, 0.5) is 13.2 Å². The van der Waals surface area contributed by atoms with Crippen molar-refractivity contribution >= 4 is 16.7 Å². The first kappa shape index (κ1) is 26.0. The molecule has 7 rings (SSSR count). The molecular weight excluding hydrogens is 511 g/mol. The number of alkyl halides is 3. The topological polar surface area (TPSA) is 36.4 Å². The summed E-state index contributed by atoms with van der Waals surface area (Å²) in [6.45, 7) is 2.89. The van der Waals surface area contributed by atoms with Gasteiger partial charge in [-0.1, -0.05) is 48.9 Å². The first-order valence-corrected chi connectivity index (χ1v) is 14.9. The van der Waals surface area contributed by atoms with Crippen LogP contribution in [-0.2, 0) is 23.9 Å². The van der Waals surface area contributed by atoms with Gasteiger partial charge in [-0.05, 0) is 91.4 Å². The molecule has 210 valence electrons. The number of benzene rings is 2. The van der Waals surface area contributed by atoms with E-state index in [9.17, 15) is 18.0 Å². The van der Waals surface area contributed by atoms with Gasteiger partial charge in [0, 0.05) is 37.4 Å². The second-order valence-corrected chi connectivity index (χ2v) is 12.6. The standard InChI is InChI=1S/C33H36F3N3O/c34-33(35,36)28-17-26-21-39(15-11-30(26)37-20-28)31(40)32-12-3-6-27(32)18-29(19-32)38-13-9-23(10-14-38)25-8-7-22-4-1-2-5-24(22)16-25/h1-2,4-5,7-8,16-17,20,23,27,29H,3,6,9-15,18-19,21H2. The molecule has 3 unspecified atom stereocenters. The van der Waals surface area contributed by atoms with Gasteiger partial charge in [-0.15, -0.1) is 0 Å². The number of pyridine rings is 1. The molecule has 1 amide bonds. The van der Waals surface area contributed by atoms with Crippen molar-refractivity contribution in [2.45, 2.75) is 76.0 Å². The Bertz CT molecular complexity index is 1430. The molecule has 0 radical (unpaired) electrons. The first-order valence-electron chi connectivity index (χ1n) is 14.9. The highest BCUT2D eigenvalue weighted by atomic mass is 19.4. The fraction of sp³-hybridized carbons (Fsp3) is 0.515. The minimum absolute atomic E-state index is 0.173. The maximum absolute atomic E-state index is 14.1. The monoisotopic (exact) mass is 547 g/mol. The van der Waals surface area contributed by atoms with Crippen LogP contribution in [0.15, 0.2) is 54.7 Å². The number of hydrogen-bond acceptors (Lipinski definition) is 3. The Kier molecular flexibility index (Phi) is 6.41. The first-order chi connectivity index (χ1) is 19.3. The maximum Gasteiger partial charge on any atom is 0.417 e. The minimum Gasteiger partial charge on any atom is -0.337 e. The summed E-state index contributed by atoms with van der Waals surface area (Å²) in [6.07, 6.45) is 4.30. The third kappa shape index (κ3) is 4.50. The van der Waals surface area contributed by atoms with Gasteiger partial charge in [-0.3, -0.25) is 9.78 Å². The second kappa shape index (κ2) is 9.86. The Morgan fingerprint density at radius 3 is 2.58 bits per heavy atom. The van der Waals surface area contributed by atoms with Crippen LogP contribution in [0.5, 0.6) is 0 Å². The molecule has 2 aromatic carbocycles. The van der Waals surface area contributed by atoms with Crippen molar-refractivity contribution in [2.75, 3.05) is 19.6 Å². The number of hydrogen-bond donors (Lipinski definition) is 0. The number of likely N-dealkylation sites (tertiary alicyclic amines) is 1. The summed E-state index contributed by atoms with van der Waals surface area (Å²) in [5.74, 6) is 1.12. The predicted molar refractivity (Wildman–Crippen MR) is 149 cm³/mol. The molecule has 3 aromatic rings. The van der Waals surface area contributed by atoms with Crippen LogP contribution in [0.3, 0.4) is 0 Å². The summed E-state index contributed by atoms with van der Waals surface area (Å²) in [5.41, 5.74) is 1.58. The van der Waals surface area contributed by atoms with Crippen LogP contribution < -0.4 is 0 Å². The van der Waals surface area contributed by atoms with E-state index in [0.29, 0.717) is 42.1 Å². The molecule has 4 nitrogen and oxygen atoms in total. The lowest BCUT2D eigenvalue weighted by Crippen LogP contribution is -2.47. The van der Waals surface area contributed by atoms with Crippen molar-refractivity contribution in [1.82, 2.24) is 14.8 Å². The molecule has 0 N–H and O–H groups in total. The fourth-order valence-electron chi connectivity index (χ4n) is 8.36. The number of rotatable bonds is 3. The van der Waals surface area contributed by atoms with Gasteiger partial charge < -0.3 is 9.80 Å². The van der Waals surface area contributed by atoms with Gasteiger partial charge in [0.15, 0.2) is 0 Å². The normalized spacial score (nSPS) is 27.6. The van der Waals surface area contributed by atoms with Gasteiger partial charge in [0.25, 0.3) is 0 Å². The molecule has 0 spiro atoms. The molecular formula is C33H36F3N3O. The quantitative estimate of drug-likeness (QED) is 0.356. The number of carbonyl (C=O) groups is 1. The molecule has 7 heteroatoms. The number of halogens is 3. The number of fused-ring (bicyclic) bond motifs is 3. The molecule has 40 heavy (non-hydrogen) atoms. The minimum atomic E-state index is -4.43. The van der Waals surface area contributed by atoms with E-state index in [1.165, 1.54) is 22.4 Å². The third-order valence-corrected chi connectivity index (χ3v) is 10.5. The summed E-state index contributed by atoms with van der Waals surface area (Å²) in [5, 5.41) is 2.59. The van der Waals surface area contributed by atoms with Crippen LogP contribution >= 0.6 is 0 Å². The summed E-state index contributed by atoms with van der Waals surface area (Å²) in [6, 6.07) is 17.0. The third-order valence-electron chi connectivity index (χ3n) is 10.5. The zero-order valence-corrected chi connectivity index (χ0v) is 22.8. The highest BCUT2D eigenvalue weighted by Crippen LogP contribution is 2.57. The molecule has 3 fully saturated rings. The molecule has 1 aromatic heterocycles. The van der Waals surface area contributed by atoms with Crippen molar-refractivity contribution in [3.63, 3.8) is 0 Å². The summed E-state index contributed by atoms with van der Waals surface area (Å²) < 4.78 is 39.9. The Morgan fingerprint density at radius 2 is 1.77 bits per heavy atom. The van der Waals surface area contributed by atoms with E-state index in [2.05, 4.69) is 52.3 Å². The van der Waals surface area contributed by atoms with Gasteiger partial charge in [0.1, 0.15) is 0 Å². The molecule has 0 bridgehead atoms. The number of carbonyl (C=O) groups excluding carboxylic acids is 1. The maximum atomic E-state index is 14.1. The average Bonchev–Trinajstić information content (AvgIpc) is 3.54. The smallest absolute Gasteiger partial charge is 0.337 e. The van der Waals surface area contributed by atoms with Gasteiger partial charge in [0.2, 0.25) is 5.91 Å². The molecule has 2 aliphatic heterocycles. The van der Waals surface area contributed by atoms with Crippen molar-refractivity contribution < 1.29 is 18.0 Å². The zero-order chi connectivity index (χ0) is 27.5. The van der Waals surface area contributed by atoms with E-state index in [1.807, 2.05) is 4.90 Å². The molecule has 3 atom stereocenters. The van der Waals surface area contributed by atoms with Gasteiger partial charge in [-0.2, -0.15) is 13.2 Å². The number of piperidine rings is 1. The largest absolute Gasteiger partial charge is 0.417 e. The fourth-order valence-corrected chi connectivity index (χ4v) is 8.36. The SMILES string of the molecule is O=C(N1CCc2ncc(C(F)(F)F)cc2C1)C12CCCC1CC(N1CCC(c3ccc4ccccc4c3)CC1)C2. The number of nitrogens with zero attached hydrogens (tertiary/aromatic N) is 3. The van der Waals surface area contributed by atoms with Crippen LogP contribution in [0.2, 0.25) is 0 Å². The van der Waals surface area contributed by atoms with Crippen LogP contribution in [0.1, 0.15) is 73.2 Å². The zero-order valence-electron chi connectivity index (χ0n) is 22.8.